The first kappa shape index (κ1) is 14.3. The van der Waals surface area contributed by atoms with Gasteiger partial charge in [-0.05, 0) is 30.0 Å². The molecule has 2 aromatic rings. The Kier molecular flexibility index (Phi) is 5.22. The molecule has 0 amide bonds. The van der Waals surface area contributed by atoms with Gasteiger partial charge in [0.05, 0.1) is 6.04 Å². The fourth-order valence-corrected chi connectivity index (χ4v) is 3.30. The highest BCUT2D eigenvalue weighted by Gasteiger charge is 2.14. The molecule has 1 N–H and O–H groups in total. The Labute approximate surface area is 120 Å². The van der Waals surface area contributed by atoms with Gasteiger partial charge in [0.15, 0.2) is 0 Å². The number of hydrogen-bond acceptors (Lipinski definition) is 3. The molecule has 2 rings (SSSR count). The molecule has 1 aromatic heterocycles. The molecule has 0 bridgehead atoms. The second-order valence-electron chi connectivity index (χ2n) is 4.00. The van der Waals surface area contributed by atoms with Gasteiger partial charge in [0, 0.05) is 15.5 Å². The number of thiophene rings is 1. The summed E-state index contributed by atoms with van der Waals surface area (Å²) in [7, 11) is 0. The smallest absolute Gasteiger partial charge is 0.288 e. The van der Waals surface area contributed by atoms with Gasteiger partial charge < -0.3 is 5.32 Å². The molecule has 1 nitrogen and oxygen atoms in total. The zero-order valence-corrected chi connectivity index (χ0v) is 12.1. The summed E-state index contributed by atoms with van der Waals surface area (Å²) in [5.74, 6) is -2.40. The van der Waals surface area contributed by atoms with Crippen molar-refractivity contribution < 1.29 is 8.78 Å². The summed E-state index contributed by atoms with van der Waals surface area (Å²) in [6, 6.07) is 11.4. The van der Waals surface area contributed by atoms with Crippen LogP contribution < -0.4 is 5.32 Å². The lowest BCUT2D eigenvalue weighted by Crippen LogP contribution is -2.08. The van der Waals surface area contributed by atoms with Crippen molar-refractivity contribution in [3.05, 3.63) is 46.7 Å². The van der Waals surface area contributed by atoms with Crippen LogP contribution in [0, 0.1) is 0 Å². The van der Waals surface area contributed by atoms with E-state index in [4.69, 9.17) is 0 Å². The first-order valence-corrected chi connectivity index (χ1v) is 7.80. The highest BCUT2D eigenvalue weighted by molar-refractivity contribution is 7.99. The van der Waals surface area contributed by atoms with Crippen molar-refractivity contribution in [1.82, 2.24) is 0 Å². The van der Waals surface area contributed by atoms with Gasteiger partial charge in [-0.1, -0.05) is 36.9 Å². The molecule has 0 aliphatic rings. The van der Waals surface area contributed by atoms with E-state index in [1.54, 1.807) is 23.5 Å². The van der Waals surface area contributed by atoms with Gasteiger partial charge in [0.2, 0.25) is 0 Å². The van der Waals surface area contributed by atoms with E-state index in [2.05, 4.69) is 18.3 Å². The van der Waals surface area contributed by atoms with Gasteiger partial charge in [-0.15, -0.1) is 11.3 Å². The molecule has 102 valence electrons. The molecule has 0 radical (unpaired) electrons. The predicted octanol–water partition coefficient (Wildman–Crippen LogP) is 5.63. The van der Waals surface area contributed by atoms with E-state index < -0.39 is 5.76 Å². The zero-order valence-electron chi connectivity index (χ0n) is 10.5. The van der Waals surface area contributed by atoms with Crippen molar-refractivity contribution >= 4 is 28.8 Å². The maximum atomic E-state index is 12.5. The number of anilines is 1. The zero-order chi connectivity index (χ0) is 13.7. The van der Waals surface area contributed by atoms with Crippen LogP contribution in [0.15, 0.2) is 46.7 Å². The van der Waals surface area contributed by atoms with Crippen LogP contribution in [0.25, 0.3) is 0 Å². The number of hydrogen-bond donors (Lipinski definition) is 1. The third kappa shape index (κ3) is 3.94. The van der Waals surface area contributed by atoms with E-state index in [1.807, 2.05) is 23.6 Å². The average molecular weight is 299 g/mol. The van der Waals surface area contributed by atoms with E-state index >= 15 is 0 Å². The van der Waals surface area contributed by atoms with Crippen LogP contribution in [-0.2, 0) is 0 Å². The van der Waals surface area contributed by atoms with Gasteiger partial charge in [-0.3, -0.25) is 0 Å². The fraction of sp³-hybridized carbons (Fsp3) is 0.286. The predicted molar refractivity (Wildman–Crippen MR) is 79.3 cm³/mol. The van der Waals surface area contributed by atoms with Crippen LogP contribution >= 0.6 is 23.1 Å². The Balaban J connectivity index is 2.17. The van der Waals surface area contributed by atoms with E-state index in [0.717, 1.165) is 12.1 Å². The first-order valence-electron chi connectivity index (χ1n) is 6.04. The minimum atomic E-state index is -2.40. The van der Waals surface area contributed by atoms with Crippen molar-refractivity contribution in [2.45, 2.75) is 30.0 Å². The molecule has 1 atom stereocenters. The SMILES string of the molecule is CCC(Nc1ccccc1SC(F)F)c1cccs1. The van der Waals surface area contributed by atoms with Crippen LogP contribution in [0.2, 0.25) is 0 Å². The summed E-state index contributed by atoms with van der Waals surface area (Å²) in [5, 5.41) is 5.39. The molecule has 1 heterocycles. The summed E-state index contributed by atoms with van der Waals surface area (Å²) in [6.07, 6.45) is 0.911. The summed E-state index contributed by atoms with van der Waals surface area (Å²) < 4.78 is 25.1. The van der Waals surface area contributed by atoms with Gasteiger partial charge in [-0.25, -0.2) is 0 Å². The first-order chi connectivity index (χ1) is 9.20. The lowest BCUT2D eigenvalue weighted by molar-refractivity contribution is 0.252. The third-order valence-corrected chi connectivity index (χ3v) is 4.50. The largest absolute Gasteiger partial charge is 0.377 e. The number of benzene rings is 1. The highest BCUT2D eigenvalue weighted by atomic mass is 32.2. The van der Waals surface area contributed by atoms with Crippen LogP contribution in [0.5, 0.6) is 0 Å². The number of halogens is 2. The lowest BCUT2D eigenvalue weighted by atomic mass is 10.1. The molecule has 19 heavy (non-hydrogen) atoms. The van der Waals surface area contributed by atoms with Gasteiger partial charge in [0.25, 0.3) is 5.76 Å². The van der Waals surface area contributed by atoms with Crippen molar-refractivity contribution in [3.8, 4) is 0 Å². The molecule has 5 heteroatoms. The highest BCUT2D eigenvalue weighted by Crippen LogP contribution is 2.34. The average Bonchev–Trinajstić information content (AvgIpc) is 2.91. The van der Waals surface area contributed by atoms with Gasteiger partial charge in [-0.2, -0.15) is 8.78 Å². The summed E-state index contributed by atoms with van der Waals surface area (Å²) in [6.45, 7) is 2.08. The Morgan fingerprint density at radius 1 is 1.21 bits per heavy atom. The van der Waals surface area contributed by atoms with Gasteiger partial charge in [0.1, 0.15) is 0 Å². The summed E-state index contributed by atoms with van der Waals surface area (Å²) in [5.41, 5.74) is 0.771. The van der Waals surface area contributed by atoms with Crippen LogP contribution in [0.3, 0.4) is 0 Å². The number of alkyl halides is 2. The van der Waals surface area contributed by atoms with Crippen molar-refractivity contribution in [2.24, 2.45) is 0 Å². The Morgan fingerprint density at radius 3 is 2.63 bits per heavy atom. The Morgan fingerprint density at radius 2 is 2.00 bits per heavy atom. The molecule has 0 saturated heterocycles. The molecule has 1 unspecified atom stereocenters. The molecule has 1 aromatic carbocycles. The standard InChI is InChI=1S/C14H15F2NS2/c1-2-10(12-8-5-9-18-12)17-11-6-3-4-7-13(11)19-14(15)16/h3-10,14,17H,2H2,1H3. The molecule has 0 fully saturated rings. The molecule has 0 aliphatic carbocycles. The number of rotatable bonds is 6. The second kappa shape index (κ2) is 6.91. The van der Waals surface area contributed by atoms with Crippen LogP contribution in [-0.4, -0.2) is 5.76 Å². The van der Waals surface area contributed by atoms with Crippen molar-refractivity contribution in [2.75, 3.05) is 5.32 Å². The maximum absolute atomic E-state index is 12.5. The Bertz CT molecular complexity index is 500. The molecule has 0 spiro atoms. The third-order valence-electron chi connectivity index (χ3n) is 2.73. The van der Waals surface area contributed by atoms with Crippen LogP contribution in [0.4, 0.5) is 14.5 Å². The summed E-state index contributed by atoms with van der Waals surface area (Å²) in [4.78, 5) is 1.81. The Hall–Kier alpha value is -1.07. The summed E-state index contributed by atoms with van der Waals surface area (Å²) >= 11 is 2.26. The second-order valence-corrected chi connectivity index (χ2v) is 6.01. The van der Waals surface area contributed by atoms with Crippen LogP contribution in [0.1, 0.15) is 24.3 Å². The monoisotopic (exact) mass is 299 g/mol. The van der Waals surface area contributed by atoms with Gasteiger partial charge >= 0.3 is 0 Å². The fourth-order valence-electron chi connectivity index (χ4n) is 1.84. The van der Waals surface area contributed by atoms with E-state index in [9.17, 15) is 8.78 Å². The topological polar surface area (TPSA) is 12.0 Å². The number of para-hydroxylation sites is 1. The van der Waals surface area contributed by atoms with Crippen molar-refractivity contribution in [3.63, 3.8) is 0 Å². The van der Waals surface area contributed by atoms with E-state index in [-0.39, 0.29) is 6.04 Å². The normalized spacial score (nSPS) is 12.6. The molecule has 0 aliphatic heterocycles. The molecular formula is C14H15F2NS2. The molecule has 0 saturated carbocycles. The quantitative estimate of drug-likeness (QED) is 0.694. The maximum Gasteiger partial charge on any atom is 0.288 e. The van der Waals surface area contributed by atoms with Crippen molar-refractivity contribution in [1.29, 1.82) is 0 Å². The number of nitrogens with one attached hydrogen (secondary N) is 1. The minimum Gasteiger partial charge on any atom is -0.377 e. The number of thioether (sulfide) groups is 1. The molecular weight excluding hydrogens is 284 g/mol. The lowest BCUT2D eigenvalue weighted by Gasteiger charge is -2.19. The minimum absolute atomic E-state index is 0.166. The van der Waals surface area contributed by atoms with E-state index in [1.165, 1.54) is 4.88 Å². The van der Waals surface area contributed by atoms with E-state index in [0.29, 0.717) is 16.7 Å².